The molecule has 7 nitrogen and oxygen atoms in total. The van der Waals surface area contributed by atoms with Crippen LogP contribution in [-0.2, 0) is 24.1 Å². The molecule has 228 valence electrons. The van der Waals surface area contributed by atoms with Gasteiger partial charge in [-0.25, -0.2) is 9.97 Å². The fraction of sp³-hybridized carbons (Fsp3) is 0.294. The number of anilines is 2. The predicted molar refractivity (Wildman–Crippen MR) is 165 cm³/mol. The van der Waals surface area contributed by atoms with E-state index in [2.05, 4.69) is 25.2 Å². The van der Waals surface area contributed by atoms with Crippen LogP contribution in [0.2, 0.25) is 0 Å². The summed E-state index contributed by atoms with van der Waals surface area (Å²) in [6, 6.07) is 16.7. The van der Waals surface area contributed by atoms with Crippen LogP contribution in [0.4, 0.5) is 24.5 Å². The molecule has 2 aromatic heterocycles. The molecule has 3 heterocycles. The highest BCUT2D eigenvalue weighted by Gasteiger charge is 2.30. The maximum absolute atomic E-state index is 13.6. The van der Waals surface area contributed by atoms with Gasteiger partial charge in [-0.05, 0) is 80.3 Å². The number of piperidine rings is 1. The predicted octanol–water partition coefficient (Wildman–Crippen LogP) is 6.96. The third-order valence-corrected chi connectivity index (χ3v) is 7.67. The Morgan fingerprint density at radius 1 is 0.932 bits per heavy atom. The molecule has 1 amide bonds. The number of likely N-dealkylation sites (tertiary alicyclic amines) is 1. The second-order valence-corrected chi connectivity index (χ2v) is 11.1. The zero-order chi connectivity index (χ0) is 31.1. The number of carbonyl (C=O) groups excluding carboxylic acids is 1. The fourth-order valence-corrected chi connectivity index (χ4v) is 5.26. The van der Waals surface area contributed by atoms with E-state index in [-0.39, 0.29) is 11.9 Å². The van der Waals surface area contributed by atoms with E-state index in [1.165, 1.54) is 18.2 Å². The van der Waals surface area contributed by atoms with Crippen LogP contribution in [0, 0.1) is 13.8 Å². The number of aromatic nitrogens is 3. The van der Waals surface area contributed by atoms with Crippen molar-refractivity contribution in [3.8, 4) is 0 Å². The van der Waals surface area contributed by atoms with Gasteiger partial charge in [0.1, 0.15) is 5.82 Å². The Morgan fingerprint density at radius 3 is 2.25 bits per heavy atom. The van der Waals surface area contributed by atoms with E-state index < -0.39 is 11.7 Å². The summed E-state index contributed by atoms with van der Waals surface area (Å²) in [5, 5.41) is 3.37. The number of hydrogen-bond acceptors (Lipinski definition) is 6. The summed E-state index contributed by atoms with van der Waals surface area (Å²) < 4.78 is 38.9. The van der Waals surface area contributed by atoms with Gasteiger partial charge in [0.15, 0.2) is 0 Å². The van der Waals surface area contributed by atoms with Crippen molar-refractivity contribution in [2.75, 3.05) is 18.4 Å². The van der Waals surface area contributed by atoms with E-state index >= 15 is 0 Å². The molecule has 0 unspecified atom stereocenters. The van der Waals surface area contributed by atoms with Crippen LogP contribution in [-0.4, -0.2) is 49.8 Å². The average Bonchev–Trinajstić information content (AvgIpc) is 3.01. The zero-order valence-electron chi connectivity index (χ0n) is 24.8. The van der Waals surface area contributed by atoms with Gasteiger partial charge in [-0.2, -0.15) is 13.2 Å². The second kappa shape index (κ2) is 13.8. The van der Waals surface area contributed by atoms with E-state index in [0.29, 0.717) is 12.1 Å². The molecule has 1 aliphatic heterocycles. The first-order valence-electron chi connectivity index (χ1n) is 14.6. The van der Waals surface area contributed by atoms with Gasteiger partial charge in [-0.1, -0.05) is 24.3 Å². The molecule has 1 saturated heterocycles. The van der Waals surface area contributed by atoms with E-state index in [4.69, 9.17) is 0 Å². The highest BCUT2D eigenvalue weighted by Crippen LogP contribution is 2.29. The maximum atomic E-state index is 13.6. The minimum atomic E-state index is -4.40. The molecule has 1 fully saturated rings. The molecule has 0 aliphatic carbocycles. The highest BCUT2D eigenvalue weighted by molar-refractivity contribution is 5.92. The van der Waals surface area contributed by atoms with Crippen molar-refractivity contribution in [3.05, 3.63) is 119 Å². The number of pyridine rings is 1. The van der Waals surface area contributed by atoms with Crippen molar-refractivity contribution < 1.29 is 18.0 Å². The van der Waals surface area contributed by atoms with Crippen molar-refractivity contribution in [1.82, 2.24) is 24.8 Å². The Kier molecular flexibility index (Phi) is 9.69. The number of alkyl halides is 3. The van der Waals surface area contributed by atoms with Crippen molar-refractivity contribution in [2.24, 2.45) is 0 Å². The molecule has 0 spiro atoms. The van der Waals surface area contributed by atoms with Crippen molar-refractivity contribution in [1.29, 1.82) is 0 Å². The Labute approximate surface area is 255 Å². The summed E-state index contributed by atoms with van der Waals surface area (Å²) in [5.41, 5.74) is 4.64. The Bertz CT molecular complexity index is 1560. The summed E-state index contributed by atoms with van der Waals surface area (Å²) in [4.78, 5) is 30.6. The van der Waals surface area contributed by atoms with E-state index in [1.54, 1.807) is 12.3 Å². The van der Waals surface area contributed by atoms with Crippen LogP contribution in [0.5, 0.6) is 0 Å². The molecule has 4 aromatic rings. The standard InChI is InChI=1S/C34H35F3N6O/c1-24-19-31(13-16-38-24)41-30-10-5-27(6-11-30)23-43(33(44)12-7-26-3-8-29(9-4-26)34(35,36)37)32-14-17-42(18-15-32)22-28-20-39-25(2)40-21-28/h3-13,16,19-21,32H,14-15,17-18,22-23H2,1-2H3,(H,38,41). The van der Waals surface area contributed by atoms with Crippen LogP contribution in [0.25, 0.3) is 6.08 Å². The zero-order valence-corrected chi connectivity index (χ0v) is 24.8. The Hall–Kier alpha value is -4.57. The maximum Gasteiger partial charge on any atom is 0.416 e. The van der Waals surface area contributed by atoms with Crippen LogP contribution in [0.1, 0.15) is 46.6 Å². The normalized spacial score (nSPS) is 14.6. The molecule has 2 aromatic carbocycles. The Balaban J connectivity index is 1.28. The first-order valence-corrected chi connectivity index (χ1v) is 14.6. The van der Waals surface area contributed by atoms with Gasteiger partial charge < -0.3 is 10.2 Å². The monoisotopic (exact) mass is 600 g/mol. The Morgan fingerprint density at radius 2 is 1.61 bits per heavy atom. The molecule has 0 bridgehead atoms. The van der Waals surface area contributed by atoms with E-state index in [9.17, 15) is 18.0 Å². The fourth-order valence-electron chi connectivity index (χ4n) is 5.26. The quantitative estimate of drug-likeness (QED) is 0.210. The van der Waals surface area contributed by atoms with Crippen LogP contribution < -0.4 is 5.32 Å². The molecular formula is C34H35F3N6O. The van der Waals surface area contributed by atoms with Gasteiger partial charge in [0.05, 0.1) is 5.56 Å². The molecule has 44 heavy (non-hydrogen) atoms. The molecule has 0 atom stereocenters. The number of nitrogens with zero attached hydrogens (tertiary/aromatic N) is 5. The van der Waals surface area contributed by atoms with Crippen LogP contribution >= 0.6 is 0 Å². The number of amides is 1. The van der Waals surface area contributed by atoms with Gasteiger partial charge in [0, 0.05) is 79.5 Å². The topological polar surface area (TPSA) is 74.2 Å². The number of carbonyl (C=O) groups is 1. The lowest BCUT2D eigenvalue weighted by atomic mass is 10.0. The number of aryl methyl sites for hydroxylation is 2. The number of benzene rings is 2. The number of halogens is 3. The molecule has 10 heteroatoms. The number of nitrogens with one attached hydrogen (secondary N) is 1. The molecule has 0 saturated carbocycles. The van der Waals surface area contributed by atoms with Crippen molar-refractivity contribution in [2.45, 2.75) is 52.0 Å². The van der Waals surface area contributed by atoms with Gasteiger partial charge in [0.2, 0.25) is 5.91 Å². The minimum Gasteiger partial charge on any atom is -0.355 e. The van der Waals surface area contributed by atoms with E-state index in [0.717, 1.165) is 78.6 Å². The third-order valence-electron chi connectivity index (χ3n) is 7.67. The summed E-state index contributed by atoms with van der Waals surface area (Å²) in [6.45, 7) is 6.60. The largest absolute Gasteiger partial charge is 0.416 e. The number of hydrogen-bond donors (Lipinski definition) is 1. The highest BCUT2D eigenvalue weighted by atomic mass is 19.4. The molecule has 5 rings (SSSR count). The van der Waals surface area contributed by atoms with E-state index in [1.807, 2.05) is 67.5 Å². The summed E-state index contributed by atoms with van der Waals surface area (Å²) in [5.74, 6) is 0.562. The average molecular weight is 601 g/mol. The van der Waals surface area contributed by atoms with Crippen molar-refractivity contribution >= 4 is 23.4 Å². The second-order valence-electron chi connectivity index (χ2n) is 11.1. The molecule has 1 aliphatic rings. The lowest BCUT2D eigenvalue weighted by Crippen LogP contribution is -2.46. The van der Waals surface area contributed by atoms with Gasteiger partial charge >= 0.3 is 6.18 Å². The number of rotatable bonds is 9. The van der Waals surface area contributed by atoms with Gasteiger partial charge in [-0.3, -0.25) is 14.7 Å². The summed E-state index contributed by atoms with van der Waals surface area (Å²) >= 11 is 0. The first-order chi connectivity index (χ1) is 21.1. The van der Waals surface area contributed by atoms with Crippen LogP contribution in [0.3, 0.4) is 0 Å². The first kappa shape index (κ1) is 30.9. The third kappa shape index (κ3) is 8.50. The lowest BCUT2D eigenvalue weighted by Gasteiger charge is -2.38. The summed E-state index contributed by atoms with van der Waals surface area (Å²) in [7, 11) is 0. The van der Waals surface area contributed by atoms with Gasteiger partial charge in [-0.15, -0.1) is 0 Å². The SMILES string of the molecule is Cc1cc(Nc2ccc(CN(C(=O)C=Cc3ccc(C(F)(F)F)cc3)C3CCN(Cc4cnc(C)nc4)CC3)cc2)ccn1. The lowest BCUT2D eigenvalue weighted by molar-refractivity contribution is -0.137. The molecule has 1 N–H and O–H groups in total. The van der Waals surface area contributed by atoms with Crippen LogP contribution in [0.15, 0.2) is 85.3 Å². The molecule has 0 radical (unpaired) electrons. The van der Waals surface area contributed by atoms with Crippen molar-refractivity contribution in [3.63, 3.8) is 0 Å². The minimum absolute atomic E-state index is 0.0165. The summed E-state index contributed by atoms with van der Waals surface area (Å²) in [6.07, 6.45) is 5.69. The molecular weight excluding hydrogens is 565 g/mol. The van der Waals surface area contributed by atoms with Gasteiger partial charge in [0.25, 0.3) is 0 Å². The smallest absolute Gasteiger partial charge is 0.355 e.